The maximum Gasteiger partial charge on any atom is 0.408 e. The normalized spacial score (nSPS) is 14.9. The monoisotopic (exact) mass is 334 g/mol. The second-order valence-electron chi connectivity index (χ2n) is 6.23. The fraction of sp³-hybridized carbons (Fsp3) is 0.375. The summed E-state index contributed by atoms with van der Waals surface area (Å²) in [5.74, 6) is -2.42. The molecule has 24 heavy (non-hydrogen) atoms. The van der Waals surface area contributed by atoms with Crippen molar-refractivity contribution < 1.29 is 28.8 Å². The molecule has 1 aromatic carbocycles. The van der Waals surface area contributed by atoms with Crippen molar-refractivity contribution in [1.82, 2.24) is 10.4 Å². The Morgan fingerprint density at radius 1 is 1.08 bits per heavy atom. The van der Waals surface area contributed by atoms with Gasteiger partial charge in [-0.1, -0.05) is 17.2 Å². The highest BCUT2D eigenvalue weighted by atomic mass is 16.7. The maximum absolute atomic E-state index is 12.1. The first kappa shape index (κ1) is 17.5. The molecule has 0 saturated carbocycles. The van der Waals surface area contributed by atoms with Crippen LogP contribution in [0.3, 0.4) is 0 Å². The Morgan fingerprint density at radius 3 is 2.04 bits per heavy atom. The molecule has 0 aromatic heterocycles. The van der Waals surface area contributed by atoms with Crippen molar-refractivity contribution >= 4 is 23.9 Å². The van der Waals surface area contributed by atoms with E-state index in [4.69, 9.17) is 9.57 Å². The summed E-state index contributed by atoms with van der Waals surface area (Å²) < 4.78 is 5.02. The van der Waals surface area contributed by atoms with Crippen LogP contribution in [-0.2, 0) is 14.4 Å². The smallest absolute Gasteiger partial charge is 0.408 e. The molecule has 1 atom stereocenters. The average molecular weight is 334 g/mol. The molecule has 0 bridgehead atoms. The third-order valence-corrected chi connectivity index (χ3v) is 3.02. The van der Waals surface area contributed by atoms with E-state index in [1.54, 1.807) is 32.9 Å². The molecule has 1 N–H and O–H groups in total. The van der Waals surface area contributed by atoms with Crippen LogP contribution in [0.5, 0.6) is 0 Å². The Morgan fingerprint density at radius 2 is 1.58 bits per heavy atom. The van der Waals surface area contributed by atoms with E-state index in [9.17, 15) is 19.2 Å². The molecule has 2 rings (SSSR count). The van der Waals surface area contributed by atoms with E-state index in [-0.39, 0.29) is 11.1 Å². The van der Waals surface area contributed by atoms with Crippen molar-refractivity contribution in [3.63, 3.8) is 0 Å². The van der Waals surface area contributed by atoms with Crippen molar-refractivity contribution in [2.45, 2.75) is 39.3 Å². The van der Waals surface area contributed by atoms with Crippen LogP contribution in [0, 0.1) is 0 Å². The molecule has 3 amide bonds. The molecule has 0 saturated heterocycles. The minimum absolute atomic E-state index is 0.156. The lowest BCUT2D eigenvalue weighted by Gasteiger charge is -2.22. The summed E-state index contributed by atoms with van der Waals surface area (Å²) >= 11 is 0. The number of carbonyl (C=O) groups is 4. The van der Waals surface area contributed by atoms with Crippen LogP contribution in [0.25, 0.3) is 0 Å². The van der Waals surface area contributed by atoms with Crippen molar-refractivity contribution in [2.75, 3.05) is 0 Å². The van der Waals surface area contributed by atoms with Gasteiger partial charge in [-0.05, 0) is 39.8 Å². The lowest BCUT2D eigenvalue weighted by molar-refractivity contribution is -0.170. The molecule has 1 aromatic rings. The van der Waals surface area contributed by atoms with Gasteiger partial charge in [-0.2, -0.15) is 0 Å². The minimum atomic E-state index is -1.11. The molecule has 0 radical (unpaired) electrons. The highest BCUT2D eigenvalue weighted by molar-refractivity contribution is 6.20. The molecular formula is C16H18N2O6. The fourth-order valence-corrected chi connectivity index (χ4v) is 1.96. The number of hydroxylamine groups is 2. The van der Waals surface area contributed by atoms with Gasteiger partial charge in [0.15, 0.2) is 0 Å². The second kappa shape index (κ2) is 6.31. The van der Waals surface area contributed by atoms with E-state index in [2.05, 4.69) is 5.32 Å². The van der Waals surface area contributed by atoms with E-state index in [1.165, 1.54) is 19.1 Å². The molecule has 8 heteroatoms. The Labute approximate surface area is 138 Å². The number of rotatable bonds is 3. The van der Waals surface area contributed by atoms with Gasteiger partial charge in [0.1, 0.15) is 11.6 Å². The van der Waals surface area contributed by atoms with Crippen LogP contribution in [0.15, 0.2) is 24.3 Å². The number of nitrogens with one attached hydrogen (secondary N) is 1. The van der Waals surface area contributed by atoms with E-state index < -0.39 is 35.5 Å². The third kappa shape index (κ3) is 3.70. The standard InChI is InChI=1S/C16H18N2O6/c1-9(17-15(22)23-16(2,3)4)14(21)24-18-12(19)10-7-5-6-8-11(10)13(18)20/h5-9H,1-4H3,(H,17,22)/t9-/m0/s1. The Bertz CT molecular complexity index is 672. The Hall–Kier alpha value is -2.90. The van der Waals surface area contributed by atoms with Crippen LogP contribution >= 0.6 is 0 Å². The Kier molecular flexibility index (Phi) is 4.59. The van der Waals surface area contributed by atoms with Crippen molar-refractivity contribution in [3.05, 3.63) is 35.4 Å². The van der Waals surface area contributed by atoms with Crippen LogP contribution in [0.4, 0.5) is 4.79 Å². The number of imide groups is 1. The predicted molar refractivity (Wildman–Crippen MR) is 81.9 cm³/mol. The van der Waals surface area contributed by atoms with Crippen molar-refractivity contribution in [1.29, 1.82) is 0 Å². The van der Waals surface area contributed by atoms with Crippen LogP contribution in [0.1, 0.15) is 48.4 Å². The van der Waals surface area contributed by atoms with Gasteiger partial charge in [-0.3, -0.25) is 9.59 Å². The first-order chi connectivity index (χ1) is 11.1. The largest absolute Gasteiger partial charge is 0.444 e. The lowest BCUT2D eigenvalue weighted by atomic mass is 10.1. The number of benzene rings is 1. The van der Waals surface area contributed by atoms with Gasteiger partial charge in [-0.15, -0.1) is 0 Å². The van der Waals surface area contributed by atoms with Gasteiger partial charge in [0.05, 0.1) is 11.1 Å². The number of carbonyl (C=O) groups excluding carboxylic acids is 4. The predicted octanol–water partition coefficient (Wildman–Crippen LogP) is 1.65. The van der Waals surface area contributed by atoms with Crippen molar-refractivity contribution in [3.8, 4) is 0 Å². The molecule has 0 unspecified atom stereocenters. The van der Waals surface area contributed by atoms with E-state index in [0.29, 0.717) is 5.06 Å². The molecule has 8 nitrogen and oxygen atoms in total. The number of hydrogen-bond acceptors (Lipinski definition) is 6. The van der Waals surface area contributed by atoms with E-state index >= 15 is 0 Å². The summed E-state index contributed by atoms with van der Waals surface area (Å²) in [5, 5.41) is 2.67. The SMILES string of the molecule is C[C@H](NC(=O)OC(C)(C)C)C(=O)ON1C(=O)c2ccccc2C1=O. The quantitative estimate of drug-likeness (QED) is 0.843. The maximum atomic E-state index is 12.1. The van der Waals surface area contributed by atoms with E-state index in [0.717, 1.165) is 0 Å². The Balaban J connectivity index is 1.99. The minimum Gasteiger partial charge on any atom is -0.444 e. The topological polar surface area (TPSA) is 102 Å². The van der Waals surface area contributed by atoms with Crippen LogP contribution < -0.4 is 5.32 Å². The number of nitrogens with zero attached hydrogens (tertiary/aromatic N) is 1. The molecule has 0 spiro atoms. The van der Waals surface area contributed by atoms with Crippen LogP contribution in [0.2, 0.25) is 0 Å². The van der Waals surface area contributed by atoms with Gasteiger partial charge in [0.2, 0.25) is 0 Å². The van der Waals surface area contributed by atoms with Gasteiger partial charge in [0.25, 0.3) is 11.8 Å². The van der Waals surface area contributed by atoms with Crippen molar-refractivity contribution in [2.24, 2.45) is 0 Å². The zero-order valence-electron chi connectivity index (χ0n) is 13.8. The molecular weight excluding hydrogens is 316 g/mol. The van der Waals surface area contributed by atoms with E-state index in [1.807, 2.05) is 0 Å². The lowest BCUT2D eigenvalue weighted by Crippen LogP contribution is -2.45. The summed E-state index contributed by atoms with van der Waals surface area (Å²) in [7, 11) is 0. The highest BCUT2D eigenvalue weighted by Gasteiger charge is 2.39. The molecule has 128 valence electrons. The molecule has 0 aliphatic carbocycles. The van der Waals surface area contributed by atoms with Gasteiger partial charge >= 0.3 is 12.1 Å². The summed E-state index contributed by atoms with van der Waals surface area (Å²) in [6, 6.07) is 5.02. The number of amides is 3. The fourth-order valence-electron chi connectivity index (χ4n) is 1.96. The third-order valence-electron chi connectivity index (χ3n) is 3.02. The number of ether oxygens (including phenoxy) is 1. The average Bonchev–Trinajstić information content (AvgIpc) is 2.70. The summed E-state index contributed by atoms with van der Waals surface area (Å²) in [6.45, 7) is 6.38. The first-order valence-electron chi connectivity index (χ1n) is 7.29. The first-order valence-corrected chi connectivity index (χ1v) is 7.29. The zero-order valence-corrected chi connectivity index (χ0v) is 13.8. The molecule has 0 fully saturated rings. The number of hydrogen-bond donors (Lipinski definition) is 1. The summed E-state index contributed by atoms with van der Waals surface area (Å²) in [6.07, 6.45) is -0.811. The molecule has 1 aliphatic heterocycles. The second-order valence-corrected chi connectivity index (χ2v) is 6.23. The molecule has 1 heterocycles. The zero-order chi connectivity index (χ0) is 18.1. The summed E-state index contributed by atoms with van der Waals surface area (Å²) in [5.41, 5.74) is -0.415. The van der Waals surface area contributed by atoms with Gasteiger partial charge in [-0.25, -0.2) is 9.59 Å². The molecule has 1 aliphatic rings. The van der Waals surface area contributed by atoms with Gasteiger partial charge in [0, 0.05) is 0 Å². The highest BCUT2D eigenvalue weighted by Crippen LogP contribution is 2.22. The number of alkyl carbamates (subject to hydrolysis) is 1. The number of fused-ring (bicyclic) bond motifs is 1. The summed E-state index contributed by atoms with van der Waals surface area (Å²) in [4.78, 5) is 52.7. The van der Waals surface area contributed by atoms with Crippen LogP contribution in [-0.4, -0.2) is 40.6 Å². The van der Waals surface area contributed by atoms with Gasteiger partial charge < -0.3 is 14.9 Å².